The Balaban J connectivity index is 1.56. The van der Waals surface area contributed by atoms with Gasteiger partial charge in [-0.2, -0.15) is 0 Å². The molecule has 2 aromatic rings. The second kappa shape index (κ2) is 5.76. The molecule has 4 atom stereocenters. The number of hydrogen-bond donors (Lipinski definition) is 1. The van der Waals surface area contributed by atoms with Gasteiger partial charge in [0.15, 0.2) is 0 Å². The molecule has 3 amide bonds. The van der Waals surface area contributed by atoms with E-state index in [-0.39, 0.29) is 23.8 Å². The molecule has 30 heavy (non-hydrogen) atoms. The van der Waals surface area contributed by atoms with Crippen molar-refractivity contribution in [1.82, 2.24) is 4.90 Å². The van der Waals surface area contributed by atoms with Gasteiger partial charge in [-0.3, -0.25) is 19.3 Å². The average molecular weight is 405 g/mol. The van der Waals surface area contributed by atoms with Crippen molar-refractivity contribution in [3.63, 3.8) is 0 Å². The first kappa shape index (κ1) is 17.8. The fourth-order valence-corrected chi connectivity index (χ4v) is 6.16. The number of amides is 3. The van der Waals surface area contributed by atoms with Gasteiger partial charge in [-0.15, -0.1) is 0 Å². The van der Waals surface area contributed by atoms with Crippen molar-refractivity contribution in [2.24, 2.45) is 11.8 Å². The normalized spacial score (nSPS) is 32.0. The van der Waals surface area contributed by atoms with Crippen molar-refractivity contribution in [1.29, 1.82) is 0 Å². The topological polar surface area (TPSA) is 69.7 Å². The molecule has 6 nitrogen and oxygen atoms in total. The summed E-state index contributed by atoms with van der Waals surface area (Å²) in [5.74, 6) is -2.71. The van der Waals surface area contributed by atoms with Gasteiger partial charge in [0.1, 0.15) is 11.4 Å². The van der Waals surface area contributed by atoms with Gasteiger partial charge in [0, 0.05) is 17.3 Å². The Labute approximate surface area is 172 Å². The quantitative estimate of drug-likeness (QED) is 0.741. The van der Waals surface area contributed by atoms with Gasteiger partial charge >= 0.3 is 0 Å². The van der Waals surface area contributed by atoms with E-state index in [2.05, 4.69) is 10.2 Å². The lowest BCUT2D eigenvalue weighted by atomic mass is 9.75. The summed E-state index contributed by atoms with van der Waals surface area (Å²) in [7, 11) is 0. The summed E-state index contributed by atoms with van der Waals surface area (Å²) in [5, 5.41) is 2.97. The minimum atomic E-state index is -1.17. The van der Waals surface area contributed by atoms with Crippen LogP contribution in [0.25, 0.3) is 0 Å². The molecule has 0 aliphatic carbocycles. The van der Waals surface area contributed by atoms with Crippen LogP contribution in [-0.4, -0.2) is 35.2 Å². The summed E-state index contributed by atoms with van der Waals surface area (Å²) in [6.45, 7) is 2.63. The van der Waals surface area contributed by atoms with Crippen molar-refractivity contribution in [2.45, 2.75) is 31.3 Å². The van der Waals surface area contributed by atoms with Gasteiger partial charge < -0.3 is 5.32 Å². The highest BCUT2D eigenvalue weighted by molar-refractivity contribution is 6.25. The van der Waals surface area contributed by atoms with E-state index in [9.17, 15) is 18.8 Å². The lowest BCUT2D eigenvalue weighted by Gasteiger charge is -2.36. The number of nitrogens with one attached hydrogen (secondary N) is 1. The SMILES string of the molecule is Cc1ccc2c(c1)[C@]1(C(=O)N2)[C@@H]2C(=O)N(c3ccc(F)cc3)C(=O)[C@@H]2[C@H]2CCCN21. The first-order valence-corrected chi connectivity index (χ1v) is 10.3. The monoisotopic (exact) mass is 405 g/mol. The Kier molecular flexibility index (Phi) is 3.41. The largest absolute Gasteiger partial charge is 0.324 e. The van der Waals surface area contributed by atoms with E-state index in [0.29, 0.717) is 17.9 Å². The minimum Gasteiger partial charge on any atom is -0.324 e. The Bertz CT molecular complexity index is 1130. The van der Waals surface area contributed by atoms with E-state index in [1.165, 1.54) is 24.3 Å². The number of rotatable bonds is 1. The number of aryl methyl sites for hydroxylation is 1. The van der Waals surface area contributed by atoms with E-state index in [0.717, 1.165) is 28.9 Å². The lowest BCUT2D eigenvalue weighted by Crippen LogP contribution is -2.54. The van der Waals surface area contributed by atoms with Crippen molar-refractivity contribution < 1.29 is 18.8 Å². The van der Waals surface area contributed by atoms with E-state index in [4.69, 9.17) is 0 Å². The molecule has 6 rings (SSSR count). The minimum absolute atomic E-state index is 0.158. The molecular weight excluding hydrogens is 385 g/mol. The highest BCUT2D eigenvalue weighted by atomic mass is 19.1. The molecule has 7 heteroatoms. The average Bonchev–Trinajstić information content (AvgIpc) is 3.42. The standard InChI is InChI=1S/C23H20FN3O3/c1-12-4-9-16-15(11-12)23(22(30)25-16)19-18(17-3-2-10-26(17)23)20(28)27(21(19)29)14-7-5-13(24)6-8-14/h4-9,11,17-19H,2-3,10H2,1H3,(H,25,30)/t17-,18-,19+,23-/m1/s1. The summed E-state index contributed by atoms with van der Waals surface area (Å²) >= 11 is 0. The Morgan fingerprint density at radius 3 is 2.60 bits per heavy atom. The Morgan fingerprint density at radius 2 is 1.83 bits per heavy atom. The van der Waals surface area contributed by atoms with Gasteiger partial charge in [-0.1, -0.05) is 17.7 Å². The maximum Gasteiger partial charge on any atom is 0.250 e. The van der Waals surface area contributed by atoms with Gasteiger partial charge in [0.25, 0.3) is 0 Å². The molecule has 152 valence electrons. The summed E-state index contributed by atoms with van der Waals surface area (Å²) in [5.41, 5.74) is 1.67. The molecule has 4 heterocycles. The fraction of sp³-hybridized carbons (Fsp3) is 0.348. The van der Waals surface area contributed by atoms with Crippen LogP contribution in [0.5, 0.6) is 0 Å². The number of anilines is 2. The molecule has 0 saturated carbocycles. The third-order valence-electron chi connectivity index (χ3n) is 7.23. The van der Waals surface area contributed by atoms with Gasteiger partial charge in [0.05, 0.1) is 17.5 Å². The number of nitrogens with zero attached hydrogens (tertiary/aromatic N) is 2. The molecule has 1 spiro atoms. The van der Waals surface area contributed by atoms with Crippen LogP contribution in [-0.2, 0) is 19.9 Å². The van der Waals surface area contributed by atoms with Gasteiger partial charge in [0.2, 0.25) is 17.7 Å². The van der Waals surface area contributed by atoms with E-state index in [1.54, 1.807) is 0 Å². The van der Waals surface area contributed by atoms with Crippen molar-refractivity contribution >= 4 is 29.1 Å². The molecule has 3 saturated heterocycles. The lowest BCUT2D eigenvalue weighted by molar-refractivity contribution is -0.135. The number of benzene rings is 2. The molecule has 0 radical (unpaired) electrons. The molecule has 0 unspecified atom stereocenters. The van der Waals surface area contributed by atoms with Gasteiger partial charge in [-0.25, -0.2) is 9.29 Å². The van der Waals surface area contributed by atoms with Crippen LogP contribution >= 0.6 is 0 Å². The van der Waals surface area contributed by atoms with Crippen LogP contribution in [0.15, 0.2) is 42.5 Å². The highest BCUT2D eigenvalue weighted by Crippen LogP contribution is 2.60. The van der Waals surface area contributed by atoms with Crippen LogP contribution in [0.1, 0.15) is 24.0 Å². The molecule has 0 aromatic heterocycles. The van der Waals surface area contributed by atoms with E-state index < -0.39 is 23.2 Å². The van der Waals surface area contributed by atoms with E-state index >= 15 is 0 Å². The van der Waals surface area contributed by atoms with Crippen LogP contribution in [0, 0.1) is 24.6 Å². The van der Waals surface area contributed by atoms with Crippen molar-refractivity contribution in [3.8, 4) is 0 Å². The molecule has 1 N–H and O–H groups in total. The zero-order valence-corrected chi connectivity index (χ0v) is 16.4. The molecule has 3 fully saturated rings. The fourth-order valence-electron chi connectivity index (χ4n) is 6.16. The van der Waals surface area contributed by atoms with E-state index in [1.807, 2.05) is 25.1 Å². The smallest absolute Gasteiger partial charge is 0.250 e. The van der Waals surface area contributed by atoms with Gasteiger partial charge in [-0.05, 0) is 56.6 Å². The van der Waals surface area contributed by atoms with Crippen LogP contribution < -0.4 is 10.2 Å². The number of halogens is 1. The summed E-state index contributed by atoms with van der Waals surface area (Å²) in [6.07, 6.45) is 1.65. The third kappa shape index (κ3) is 1.94. The second-order valence-electron chi connectivity index (χ2n) is 8.66. The summed E-state index contributed by atoms with van der Waals surface area (Å²) < 4.78 is 13.4. The number of hydrogen-bond acceptors (Lipinski definition) is 4. The maximum absolute atomic E-state index is 13.7. The molecule has 4 aliphatic heterocycles. The zero-order valence-electron chi connectivity index (χ0n) is 16.4. The summed E-state index contributed by atoms with van der Waals surface area (Å²) in [6, 6.07) is 11.0. The molecule has 0 bridgehead atoms. The third-order valence-corrected chi connectivity index (χ3v) is 7.23. The number of carbonyl (C=O) groups excluding carboxylic acids is 3. The van der Waals surface area contributed by atoms with Crippen molar-refractivity contribution in [3.05, 3.63) is 59.4 Å². The predicted octanol–water partition coefficient (Wildman–Crippen LogP) is 2.57. The summed E-state index contributed by atoms with van der Waals surface area (Å²) in [4.78, 5) is 44.0. The Hall–Kier alpha value is -3.06. The zero-order chi connectivity index (χ0) is 20.8. The number of imide groups is 1. The predicted molar refractivity (Wildman–Crippen MR) is 107 cm³/mol. The van der Waals surface area contributed by atoms with Crippen molar-refractivity contribution in [2.75, 3.05) is 16.8 Å². The first-order chi connectivity index (χ1) is 14.4. The van der Waals surface area contributed by atoms with Crippen LogP contribution in [0.4, 0.5) is 15.8 Å². The Morgan fingerprint density at radius 1 is 1.07 bits per heavy atom. The van der Waals surface area contributed by atoms with Crippen LogP contribution in [0.2, 0.25) is 0 Å². The first-order valence-electron chi connectivity index (χ1n) is 10.3. The molecule has 2 aromatic carbocycles. The number of carbonyl (C=O) groups is 3. The highest BCUT2D eigenvalue weighted by Gasteiger charge is 2.74. The molecular formula is C23H20FN3O3. The molecule has 4 aliphatic rings. The van der Waals surface area contributed by atoms with Crippen LogP contribution in [0.3, 0.4) is 0 Å². The second-order valence-corrected chi connectivity index (χ2v) is 8.66. The maximum atomic E-state index is 13.7. The number of fused-ring (bicyclic) bond motifs is 7.